The van der Waals surface area contributed by atoms with Crippen LogP contribution in [-0.2, 0) is 0 Å². The SMILES string of the molecule is CC(C)N(C(=O)c1ccc(OCCCCCOc2ccc(C(=N)N)cc2)c(Cl)c1)C(C)C.Cl. The van der Waals surface area contributed by atoms with E-state index in [1.165, 1.54) is 0 Å². The van der Waals surface area contributed by atoms with E-state index >= 15 is 0 Å². The van der Waals surface area contributed by atoms with Gasteiger partial charge in [-0.25, -0.2) is 0 Å². The zero-order valence-corrected chi connectivity index (χ0v) is 21.3. The van der Waals surface area contributed by atoms with Crippen molar-refractivity contribution < 1.29 is 14.3 Å². The fraction of sp³-hybridized carbons (Fsp3) is 0.440. The minimum Gasteiger partial charge on any atom is -0.494 e. The molecule has 0 spiro atoms. The van der Waals surface area contributed by atoms with E-state index in [4.69, 9.17) is 32.2 Å². The highest BCUT2D eigenvalue weighted by molar-refractivity contribution is 6.32. The predicted octanol–water partition coefficient (Wildman–Crippen LogP) is 5.93. The van der Waals surface area contributed by atoms with Gasteiger partial charge in [0.25, 0.3) is 5.91 Å². The maximum atomic E-state index is 12.8. The summed E-state index contributed by atoms with van der Waals surface area (Å²) in [5.74, 6) is 1.37. The molecule has 6 nitrogen and oxygen atoms in total. The highest BCUT2D eigenvalue weighted by Crippen LogP contribution is 2.27. The van der Waals surface area contributed by atoms with Gasteiger partial charge in [-0.3, -0.25) is 10.2 Å². The van der Waals surface area contributed by atoms with Gasteiger partial charge >= 0.3 is 0 Å². The lowest BCUT2D eigenvalue weighted by molar-refractivity contribution is 0.0643. The van der Waals surface area contributed by atoms with Crippen molar-refractivity contribution in [3.63, 3.8) is 0 Å². The van der Waals surface area contributed by atoms with E-state index in [9.17, 15) is 4.79 Å². The second-order valence-electron chi connectivity index (χ2n) is 8.24. The highest BCUT2D eigenvalue weighted by atomic mass is 35.5. The number of rotatable bonds is 12. The molecule has 0 heterocycles. The van der Waals surface area contributed by atoms with Crippen molar-refractivity contribution in [1.82, 2.24) is 4.90 Å². The molecule has 0 aliphatic rings. The Hall–Kier alpha value is -2.44. The quantitative estimate of drug-likeness (QED) is 0.217. The van der Waals surface area contributed by atoms with Gasteiger partial charge in [-0.1, -0.05) is 11.6 Å². The molecule has 0 unspecified atom stereocenters. The van der Waals surface area contributed by atoms with Crippen molar-refractivity contribution in [2.24, 2.45) is 5.73 Å². The van der Waals surface area contributed by atoms with Crippen LogP contribution in [-0.4, -0.2) is 41.9 Å². The van der Waals surface area contributed by atoms with Crippen LogP contribution in [0, 0.1) is 5.41 Å². The molecule has 0 atom stereocenters. The topological polar surface area (TPSA) is 88.6 Å². The molecule has 2 aromatic carbocycles. The molecular formula is C25H35Cl2N3O3. The van der Waals surface area contributed by atoms with Gasteiger partial charge in [0.15, 0.2) is 0 Å². The molecule has 1 amide bonds. The second-order valence-corrected chi connectivity index (χ2v) is 8.65. The standard InChI is InChI=1S/C25H34ClN3O3.ClH/c1-17(2)29(18(3)4)25(30)20-10-13-23(22(26)16-20)32-15-7-5-6-14-31-21-11-8-19(9-12-21)24(27)28;/h8-13,16-18H,5-7,14-15H2,1-4H3,(H3,27,28);1H. The van der Waals surface area contributed by atoms with Crippen molar-refractivity contribution >= 4 is 35.8 Å². The van der Waals surface area contributed by atoms with Crippen molar-refractivity contribution in [2.75, 3.05) is 13.2 Å². The maximum Gasteiger partial charge on any atom is 0.254 e. The Morgan fingerprint density at radius 3 is 2.00 bits per heavy atom. The lowest BCUT2D eigenvalue weighted by Gasteiger charge is -2.31. The summed E-state index contributed by atoms with van der Waals surface area (Å²) < 4.78 is 11.5. The van der Waals surface area contributed by atoms with Crippen LogP contribution in [0.15, 0.2) is 42.5 Å². The maximum absolute atomic E-state index is 12.8. The minimum absolute atomic E-state index is 0. The van der Waals surface area contributed by atoms with Crippen LogP contribution in [0.2, 0.25) is 5.02 Å². The Labute approximate surface area is 208 Å². The summed E-state index contributed by atoms with van der Waals surface area (Å²) >= 11 is 6.36. The van der Waals surface area contributed by atoms with Gasteiger partial charge in [-0.15, -0.1) is 12.4 Å². The Kier molecular flexibility index (Phi) is 12.1. The van der Waals surface area contributed by atoms with E-state index in [1.54, 1.807) is 30.3 Å². The molecule has 33 heavy (non-hydrogen) atoms. The molecule has 2 aromatic rings. The van der Waals surface area contributed by atoms with Crippen LogP contribution in [0.3, 0.4) is 0 Å². The van der Waals surface area contributed by atoms with E-state index in [-0.39, 0.29) is 36.2 Å². The van der Waals surface area contributed by atoms with Gasteiger partial charge in [-0.2, -0.15) is 0 Å². The van der Waals surface area contributed by atoms with Crippen LogP contribution in [0.5, 0.6) is 11.5 Å². The van der Waals surface area contributed by atoms with Crippen LogP contribution < -0.4 is 15.2 Å². The minimum atomic E-state index is -0.0283. The molecule has 0 saturated carbocycles. The van der Waals surface area contributed by atoms with E-state index in [2.05, 4.69) is 0 Å². The van der Waals surface area contributed by atoms with Crippen molar-refractivity contribution in [2.45, 2.75) is 59.0 Å². The first-order chi connectivity index (χ1) is 15.2. The normalized spacial score (nSPS) is 10.6. The van der Waals surface area contributed by atoms with E-state index in [1.807, 2.05) is 44.7 Å². The summed E-state index contributed by atoms with van der Waals surface area (Å²) in [7, 11) is 0. The molecule has 3 N–H and O–H groups in total. The fourth-order valence-electron chi connectivity index (χ4n) is 3.45. The molecule has 0 aromatic heterocycles. The Morgan fingerprint density at radius 2 is 1.48 bits per heavy atom. The number of halogens is 2. The van der Waals surface area contributed by atoms with E-state index in [0.29, 0.717) is 35.1 Å². The summed E-state index contributed by atoms with van der Waals surface area (Å²) in [4.78, 5) is 14.6. The number of hydrogen-bond acceptors (Lipinski definition) is 4. The summed E-state index contributed by atoms with van der Waals surface area (Å²) in [5, 5.41) is 7.84. The number of nitrogens with zero attached hydrogens (tertiary/aromatic N) is 1. The summed E-state index contributed by atoms with van der Waals surface area (Å²) in [5.41, 5.74) is 6.69. The van der Waals surface area contributed by atoms with E-state index in [0.717, 1.165) is 25.0 Å². The van der Waals surface area contributed by atoms with Crippen LogP contribution >= 0.6 is 24.0 Å². The number of unbranched alkanes of at least 4 members (excludes halogenated alkanes) is 2. The third-order valence-corrected chi connectivity index (χ3v) is 5.30. The molecule has 0 aliphatic carbocycles. The molecule has 182 valence electrons. The number of amides is 1. The zero-order valence-electron chi connectivity index (χ0n) is 19.8. The molecule has 0 bridgehead atoms. The first-order valence-corrected chi connectivity index (χ1v) is 11.4. The largest absolute Gasteiger partial charge is 0.494 e. The average Bonchev–Trinajstić information content (AvgIpc) is 2.73. The lowest BCUT2D eigenvalue weighted by Crippen LogP contribution is -2.42. The van der Waals surface area contributed by atoms with Gasteiger partial charge in [0, 0.05) is 23.2 Å². The molecule has 0 radical (unpaired) electrons. The van der Waals surface area contributed by atoms with Crippen LogP contribution in [0.4, 0.5) is 0 Å². The van der Waals surface area contributed by atoms with Gasteiger partial charge in [0.1, 0.15) is 17.3 Å². The van der Waals surface area contributed by atoms with Gasteiger partial charge < -0.3 is 20.1 Å². The molecule has 8 heteroatoms. The Balaban J connectivity index is 0.00000544. The lowest BCUT2D eigenvalue weighted by atomic mass is 10.1. The number of hydrogen-bond donors (Lipinski definition) is 2. The summed E-state index contributed by atoms with van der Waals surface area (Å²) in [6, 6.07) is 12.6. The summed E-state index contributed by atoms with van der Waals surface area (Å²) in [6.45, 7) is 9.18. The monoisotopic (exact) mass is 495 g/mol. The van der Waals surface area contributed by atoms with Gasteiger partial charge in [0.05, 0.1) is 18.2 Å². The van der Waals surface area contributed by atoms with Gasteiger partial charge in [-0.05, 0) is 89.4 Å². The van der Waals surface area contributed by atoms with Crippen molar-refractivity contribution in [3.05, 3.63) is 58.6 Å². The molecule has 0 fully saturated rings. The Bertz CT molecular complexity index is 894. The number of carbonyl (C=O) groups excluding carboxylic acids is 1. The first-order valence-electron chi connectivity index (χ1n) is 11.0. The first kappa shape index (κ1) is 28.6. The third kappa shape index (κ3) is 8.78. The number of nitrogen functional groups attached to an aromatic ring is 1. The van der Waals surface area contributed by atoms with Gasteiger partial charge in [0.2, 0.25) is 0 Å². The number of nitrogens with two attached hydrogens (primary N) is 1. The molecule has 2 rings (SSSR count). The number of benzene rings is 2. The fourth-order valence-corrected chi connectivity index (χ4v) is 3.68. The summed E-state index contributed by atoms with van der Waals surface area (Å²) in [6.07, 6.45) is 2.73. The average molecular weight is 496 g/mol. The Morgan fingerprint density at radius 1 is 0.939 bits per heavy atom. The number of nitrogens with one attached hydrogen (secondary N) is 1. The second kappa shape index (κ2) is 14.0. The number of carbonyl (C=O) groups is 1. The number of ether oxygens (including phenoxy) is 2. The predicted molar refractivity (Wildman–Crippen MR) is 137 cm³/mol. The van der Waals surface area contributed by atoms with Crippen LogP contribution in [0.1, 0.15) is 62.9 Å². The molecule has 0 aliphatic heterocycles. The van der Waals surface area contributed by atoms with Crippen molar-refractivity contribution in [3.8, 4) is 11.5 Å². The smallest absolute Gasteiger partial charge is 0.254 e. The highest BCUT2D eigenvalue weighted by Gasteiger charge is 2.22. The third-order valence-electron chi connectivity index (χ3n) is 5.01. The zero-order chi connectivity index (χ0) is 23.7. The van der Waals surface area contributed by atoms with Crippen LogP contribution in [0.25, 0.3) is 0 Å². The molecular weight excluding hydrogens is 461 g/mol. The van der Waals surface area contributed by atoms with Crippen molar-refractivity contribution in [1.29, 1.82) is 5.41 Å². The molecule has 0 saturated heterocycles. The van der Waals surface area contributed by atoms with E-state index < -0.39 is 0 Å². The number of amidine groups is 1.